The number of fused-ring (bicyclic) bond motifs is 1. The third-order valence-corrected chi connectivity index (χ3v) is 7.26. The fourth-order valence-corrected chi connectivity index (χ4v) is 5.10. The molecule has 0 fully saturated rings. The van der Waals surface area contributed by atoms with Gasteiger partial charge >= 0.3 is 0 Å². The van der Waals surface area contributed by atoms with Crippen LogP contribution in [0.1, 0.15) is 36.0 Å². The number of hydrogen-bond donors (Lipinski definition) is 3. The largest absolute Gasteiger partial charge is 0.491 e. The van der Waals surface area contributed by atoms with Crippen LogP contribution >= 0.6 is 11.3 Å². The number of thiophene rings is 1. The predicted octanol–water partition coefficient (Wildman–Crippen LogP) is 5.11. The number of nitrogens with two attached hydrogens (primary N) is 2. The monoisotopic (exact) mass is 519 g/mol. The zero-order chi connectivity index (χ0) is 26.2. The van der Waals surface area contributed by atoms with Crippen molar-refractivity contribution in [3.8, 4) is 22.8 Å². The van der Waals surface area contributed by atoms with Gasteiger partial charge in [-0.3, -0.25) is 0 Å². The molecule has 2 aromatic carbocycles. The molecule has 0 saturated carbocycles. The van der Waals surface area contributed by atoms with Crippen molar-refractivity contribution in [2.75, 3.05) is 20.3 Å². The zero-order valence-corrected chi connectivity index (χ0v) is 22.2. The Morgan fingerprint density at radius 3 is 2.70 bits per heavy atom. The Bertz CT molecular complexity index is 1350. The highest BCUT2D eigenvalue weighted by atomic mass is 32.1. The number of amidine groups is 1. The molecule has 2 aromatic heterocycles. The third-order valence-electron chi connectivity index (χ3n) is 6.29. The molecule has 0 bridgehead atoms. The summed E-state index contributed by atoms with van der Waals surface area (Å²) in [7, 11) is 1.67. The Hall–Kier alpha value is -3.66. The van der Waals surface area contributed by atoms with Crippen LogP contribution in [0.3, 0.4) is 0 Å². The number of benzene rings is 2. The van der Waals surface area contributed by atoms with Crippen LogP contribution in [0.15, 0.2) is 65.2 Å². The highest BCUT2D eigenvalue weighted by molar-refractivity contribution is 7.17. The molecule has 0 spiro atoms. The summed E-state index contributed by atoms with van der Waals surface area (Å²) in [4.78, 5) is 4.48. The summed E-state index contributed by atoms with van der Waals surface area (Å²) in [6.07, 6.45) is 2.41. The Balaban J connectivity index is 1.47. The number of nitrogens with one attached hydrogen (secondary N) is 1. The standard InChI is InChI=1S/C28H33N5O3S/c1-18(13-27(32-29)33-30)21-8-10-28(31-15-21)36-16-20-7-9-26-23(14-20)24(17-37-26)22-5-4-6-25(19(22)2)35-12-11-34-3/h4-10,14-15,17-18H,11-13,16,29-30H2,1-3H3,(H,32,33). The minimum absolute atomic E-state index is 0.159. The molecule has 37 heavy (non-hydrogen) atoms. The van der Waals surface area contributed by atoms with Crippen molar-refractivity contribution in [1.82, 2.24) is 10.4 Å². The number of pyridine rings is 1. The number of methoxy groups -OCH3 is 1. The summed E-state index contributed by atoms with van der Waals surface area (Å²) in [5.74, 6) is 12.9. The predicted molar refractivity (Wildman–Crippen MR) is 150 cm³/mol. The van der Waals surface area contributed by atoms with E-state index in [1.54, 1.807) is 18.4 Å². The average Bonchev–Trinajstić information content (AvgIpc) is 3.35. The normalized spacial score (nSPS) is 12.5. The second-order valence-electron chi connectivity index (χ2n) is 8.79. The number of nitrogens with zero attached hydrogens (tertiary/aromatic N) is 2. The maximum absolute atomic E-state index is 6.00. The molecule has 0 aliphatic rings. The first-order valence-electron chi connectivity index (χ1n) is 12.1. The first-order chi connectivity index (χ1) is 18.0. The molecule has 0 saturated heterocycles. The van der Waals surface area contributed by atoms with Crippen molar-refractivity contribution < 1.29 is 14.2 Å². The van der Waals surface area contributed by atoms with Crippen LogP contribution in [-0.4, -0.2) is 31.1 Å². The molecule has 0 amide bonds. The first-order valence-corrected chi connectivity index (χ1v) is 13.0. The lowest BCUT2D eigenvalue weighted by molar-refractivity contribution is 0.146. The summed E-state index contributed by atoms with van der Waals surface area (Å²) in [6.45, 7) is 5.67. The van der Waals surface area contributed by atoms with Gasteiger partial charge < -0.3 is 25.5 Å². The Morgan fingerprint density at radius 1 is 1.11 bits per heavy atom. The second-order valence-corrected chi connectivity index (χ2v) is 9.70. The second kappa shape index (κ2) is 12.5. The van der Waals surface area contributed by atoms with E-state index in [-0.39, 0.29) is 5.92 Å². The van der Waals surface area contributed by atoms with E-state index in [1.165, 1.54) is 21.2 Å². The lowest BCUT2D eigenvalue weighted by Gasteiger charge is -2.13. The lowest BCUT2D eigenvalue weighted by Crippen LogP contribution is -2.32. The number of hydrazone groups is 1. The van der Waals surface area contributed by atoms with Crippen LogP contribution in [-0.2, 0) is 11.3 Å². The maximum Gasteiger partial charge on any atom is 0.213 e. The van der Waals surface area contributed by atoms with E-state index in [1.807, 2.05) is 30.5 Å². The Kier molecular flexibility index (Phi) is 8.95. The van der Waals surface area contributed by atoms with Crippen molar-refractivity contribution in [2.45, 2.75) is 32.8 Å². The van der Waals surface area contributed by atoms with Gasteiger partial charge in [0.25, 0.3) is 0 Å². The minimum atomic E-state index is 0.159. The van der Waals surface area contributed by atoms with Gasteiger partial charge in [-0.2, -0.15) is 5.10 Å². The first kappa shape index (κ1) is 26.4. The fourth-order valence-electron chi connectivity index (χ4n) is 4.15. The number of rotatable bonds is 11. The number of aromatic nitrogens is 1. The van der Waals surface area contributed by atoms with Gasteiger partial charge in [0, 0.05) is 41.4 Å². The molecule has 0 aliphatic carbocycles. The zero-order valence-electron chi connectivity index (χ0n) is 21.4. The summed E-state index contributed by atoms with van der Waals surface area (Å²) in [6, 6.07) is 16.5. The number of ether oxygens (including phenoxy) is 3. The van der Waals surface area contributed by atoms with Gasteiger partial charge in [-0.1, -0.05) is 31.2 Å². The molecule has 0 aliphatic heterocycles. The number of hydrazine groups is 1. The van der Waals surface area contributed by atoms with Crippen molar-refractivity contribution >= 4 is 27.3 Å². The van der Waals surface area contributed by atoms with Gasteiger partial charge in [-0.05, 0) is 58.7 Å². The molecular formula is C28H33N5O3S. The van der Waals surface area contributed by atoms with E-state index in [2.05, 4.69) is 59.0 Å². The molecule has 194 valence electrons. The van der Waals surface area contributed by atoms with Gasteiger partial charge in [0.1, 0.15) is 24.8 Å². The SMILES string of the molecule is COCCOc1cccc(-c2csc3ccc(COc4ccc(C(C)C/C(=N/N)NN)cn4)cc23)c1C. The molecule has 0 radical (unpaired) electrons. The topological polar surface area (TPSA) is 117 Å². The molecular weight excluding hydrogens is 486 g/mol. The summed E-state index contributed by atoms with van der Waals surface area (Å²) in [5, 5.41) is 7.05. The molecule has 1 unspecified atom stereocenters. The third kappa shape index (κ3) is 6.37. The maximum atomic E-state index is 6.00. The van der Waals surface area contributed by atoms with E-state index in [9.17, 15) is 0 Å². The summed E-state index contributed by atoms with van der Waals surface area (Å²) in [5.41, 5.74) is 8.12. The molecule has 4 aromatic rings. The van der Waals surface area contributed by atoms with Gasteiger partial charge in [-0.15, -0.1) is 11.3 Å². The lowest BCUT2D eigenvalue weighted by atomic mass is 9.98. The molecule has 2 heterocycles. The minimum Gasteiger partial charge on any atom is -0.491 e. The van der Waals surface area contributed by atoms with Gasteiger partial charge in [0.2, 0.25) is 5.88 Å². The van der Waals surface area contributed by atoms with Crippen LogP contribution in [0.2, 0.25) is 0 Å². The molecule has 9 heteroatoms. The van der Waals surface area contributed by atoms with Crippen LogP contribution in [0, 0.1) is 6.92 Å². The highest BCUT2D eigenvalue weighted by Gasteiger charge is 2.13. The van der Waals surface area contributed by atoms with Crippen molar-refractivity contribution in [3.63, 3.8) is 0 Å². The van der Waals surface area contributed by atoms with Crippen molar-refractivity contribution in [1.29, 1.82) is 0 Å². The van der Waals surface area contributed by atoms with Crippen molar-refractivity contribution in [2.24, 2.45) is 16.8 Å². The van der Waals surface area contributed by atoms with Gasteiger partial charge in [-0.25, -0.2) is 10.8 Å². The summed E-state index contributed by atoms with van der Waals surface area (Å²) >= 11 is 1.74. The Morgan fingerprint density at radius 2 is 1.97 bits per heavy atom. The van der Waals surface area contributed by atoms with E-state index >= 15 is 0 Å². The van der Waals surface area contributed by atoms with Crippen LogP contribution in [0.4, 0.5) is 0 Å². The van der Waals surface area contributed by atoms with Gasteiger partial charge in [0.05, 0.1) is 6.61 Å². The fraction of sp³-hybridized carbons (Fsp3) is 0.286. The van der Waals surface area contributed by atoms with E-state index < -0.39 is 0 Å². The van der Waals surface area contributed by atoms with Crippen molar-refractivity contribution in [3.05, 3.63) is 76.8 Å². The number of hydrogen-bond acceptors (Lipinski definition) is 8. The molecule has 8 nitrogen and oxygen atoms in total. The highest BCUT2D eigenvalue weighted by Crippen LogP contribution is 2.38. The molecule has 5 N–H and O–H groups in total. The van der Waals surface area contributed by atoms with E-state index in [4.69, 9.17) is 25.9 Å². The van der Waals surface area contributed by atoms with Crippen LogP contribution in [0.25, 0.3) is 21.2 Å². The van der Waals surface area contributed by atoms with E-state index in [0.29, 0.717) is 38.0 Å². The quantitative estimate of drug-likeness (QED) is 0.0829. The molecule has 1 atom stereocenters. The average molecular weight is 520 g/mol. The Labute approximate surface area is 221 Å². The summed E-state index contributed by atoms with van der Waals surface area (Å²) < 4.78 is 18.3. The van der Waals surface area contributed by atoms with Gasteiger partial charge in [0.15, 0.2) is 0 Å². The van der Waals surface area contributed by atoms with Crippen LogP contribution < -0.4 is 26.6 Å². The smallest absolute Gasteiger partial charge is 0.213 e. The molecule has 4 rings (SSSR count). The van der Waals surface area contributed by atoms with E-state index in [0.717, 1.165) is 22.4 Å². The van der Waals surface area contributed by atoms with Crippen LogP contribution in [0.5, 0.6) is 11.6 Å².